The van der Waals surface area contributed by atoms with E-state index < -0.39 is 89.8 Å². The summed E-state index contributed by atoms with van der Waals surface area (Å²) < 4.78 is 56.7. The number of ether oxygens (including phenoxy) is 3. The number of aliphatic hydroxyl groups is 3. The van der Waals surface area contributed by atoms with Crippen molar-refractivity contribution in [3.8, 4) is 0 Å². The van der Waals surface area contributed by atoms with E-state index >= 15 is 0 Å². The summed E-state index contributed by atoms with van der Waals surface area (Å²) in [6.07, 6.45) is 43.5. The minimum Gasteiger partial charge on any atom is -0.462 e. The number of esters is 2. The van der Waals surface area contributed by atoms with Gasteiger partial charge in [0.1, 0.15) is 30.7 Å². The monoisotopic (exact) mass is 1090 g/mol. The Kier molecular flexibility index (Phi) is 36.0. The summed E-state index contributed by atoms with van der Waals surface area (Å²) in [5.41, 5.74) is 4.57. The second-order valence-electron chi connectivity index (χ2n) is 17.5. The average Bonchev–Trinajstić information content (AvgIpc) is 3.64. The van der Waals surface area contributed by atoms with Crippen molar-refractivity contribution in [3.63, 3.8) is 0 Å². The van der Waals surface area contributed by atoms with Gasteiger partial charge in [-0.2, -0.15) is 9.29 Å². The van der Waals surface area contributed by atoms with Gasteiger partial charge >= 0.3 is 33.3 Å². The number of nitrogen functional groups attached to an aromatic ring is 1. The largest absolute Gasteiger partial charge is 0.481 e. The first-order valence-corrected chi connectivity index (χ1v) is 29.0. The van der Waals surface area contributed by atoms with Gasteiger partial charge in [0, 0.05) is 19.0 Å². The van der Waals surface area contributed by atoms with Crippen molar-refractivity contribution in [3.05, 3.63) is 132 Å². The van der Waals surface area contributed by atoms with Gasteiger partial charge in [-0.05, 0) is 89.5 Å². The normalized spacial score (nSPS) is 20.1. The van der Waals surface area contributed by atoms with Crippen molar-refractivity contribution in [1.82, 2.24) is 9.55 Å². The van der Waals surface area contributed by atoms with Crippen LogP contribution in [0.3, 0.4) is 0 Å². The van der Waals surface area contributed by atoms with Crippen LogP contribution in [0.4, 0.5) is 5.82 Å². The second-order valence-corrected chi connectivity index (χ2v) is 20.5. The lowest BCUT2D eigenvalue weighted by Crippen LogP contribution is -2.36. The number of aliphatic hydroxyl groups excluding tert-OH is 3. The summed E-state index contributed by atoms with van der Waals surface area (Å²) in [7, 11) is -10.9. The number of nitrogens with zero attached hydrogens (tertiary/aromatic N) is 2. The molecule has 2 heterocycles. The fourth-order valence-corrected chi connectivity index (χ4v) is 9.01. The molecule has 0 amide bonds. The number of nitrogens with two attached hydrogens (primary N) is 1. The van der Waals surface area contributed by atoms with E-state index in [1.807, 2.05) is 42.5 Å². The predicted molar refractivity (Wildman–Crippen MR) is 290 cm³/mol. The van der Waals surface area contributed by atoms with Crippen LogP contribution in [0.25, 0.3) is 0 Å². The van der Waals surface area contributed by atoms with Crippen molar-refractivity contribution < 1.29 is 71.4 Å². The Bertz CT molecular complexity index is 2200. The molecule has 21 heteroatoms. The molecule has 7 N–H and O–H groups in total. The standard InChI is InChI=1S/C54H83N3O16P2/c1-3-5-7-9-11-12-13-14-15-16-17-18-19-23-26-30-34-38-49(59)68-42-46(71-50(60)39-35-31-27-24-21-20-22-25-29-33-37-45(58)36-32-28-10-8-6-4-2)43-69-74(64,65)73-75(66,67)70-44-47-51(61)52(62)53(72-47)57-41-40-48(55)56-54(57)63/h6,8,11-12,14-15,17-18,20-21,25,27-29,31-33,37,40-41,45-47,51-53,58,61-62H,3-5,7,9-10,13,16,19,22-24,26,30,34-36,38-39,42-44H2,1-2H3,(H,64,65)(H,66,67)(H2,55,56,63)/b8-6-,12-11-,15-14-,18-17-,21-20-,29-25-,31-27-,32-28-,37-33+/t45?,46-,47-,51-,52-,53-/m1/s1. The molecule has 1 fully saturated rings. The number of unbranched alkanes of at least 4 members (excludes halogenated alkanes) is 7. The van der Waals surface area contributed by atoms with Crippen LogP contribution >= 0.6 is 15.6 Å². The lowest BCUT2D eigenvalue weighted by atomic mass is 10.1. The molecule has 0 aromatic carbocycles. The Labute approximate surface area is 443 Å². The third kappa shape index (κ3) is 33.2. The van der Waals surface area contributed by atoms with Gasteiger partial charge in [-0.3, -0.25) is 23.2 Å². The molecule has 1 aromatic rings. The van der Waals surface area contributed by atoms with Crippen LogP contribution in [-0.2, 0) is 46.3 Å². The predicted octanol–water partition coefficient (Wildman–Crippen LogP) is 9.97. The van der Waals surface area contributed by atoms with E-state index in [1.165, 1.54) is 25.3 Å². The third-order valence-corrected chi connectivity index (χ3v) is 13.5. The van der Waals surface area contributed by atoms with Gasteiger partial charge in [0.15, 0.2) is 12.3 Å². The zero-order chi connectivity index (χ0) is 55.0. The van der Waals surface area contributed by atoms with E-state index in [9.17, 15) is 48.6 Å². The van der Waals surface area contributed by atoms with Crippen LogP contribution < -0.4 is 11.4 Å². The molecule has 3 unspecified atom stereocenters. The first-order valence-electron chi connectivity index (χ1n) is 26.0. The molecule has 420 valence electrons. The number of carbonyl (C=O) groups is 2. The maximum atomic E-state index is 12.9. The molecule has 0 bridgehead atoms. The number of phosphoric ester groups is 2. The number of aromatic nitrogens is 2. The van der Waals surface area contributed by atoms with Crippen LogP contribution in [0.15, 0.2) is 126 Å². The number of hydrogen-bond acceptors (Lipinski definition) is 16. The maximum absolute atomic E-state index is 12.9. The maximum Gasteiger partial charge on any atom is 0.481 e. The van der Waals surface area contributed by atoms with Crippen LogP contribution in [0.1, 0.15) is 142 Å². The van der Waals surface area contributed by atoms with Gasteiger partial charge in [0.25, 0.3) is 0 Å². The number of rotatable bonds is 41. The Hall–Kier alpha value is -4.62. The topological polar surface area (TPSA) is 286 Å². The van der Waals surface area contributed by atoms with Gasteiger partial charge in [-0.25, -0.2) is 13.9 Å². The number of anilines is 1. The van der Waals surface area contributed by atoms with Crippen LogP contribution in [-0.4, -0.2) is 96.9 Å². The first-order chi connectivity index (χ1) is 36.1. The highest BCUT2D eigenvalue weighted by atomic mass is 31.3. The van der Waals surface area contributed by atoms with E-state index in [4.69, 9.17) is 29.0 Å². The zero-order valence-corrected chi connectivity index (χ0v) is 45.4. The zero-order valence-electron chi connectivity index (χ0n) is 43.7. The highest BCUT2D eigenvalue weighted by molar-refractivity contribution is 7.61. The molecule has 8 atom stereocenters. The van der Waals surface area contributed by atoms with E-state index in [0.29, 0.717) is 25.7 Å². The molecule has 0 radical (unpaired) electrons. The number of carbonyl (C=O) groups excluding carboxylic acids is 2. The lowest BCUT2D eigenvalue weighted by molar-refractivity contribution is -0.161. The van der Waals surface area contributed by atoms with E-state index in [0.717, 1.165) is 68.6 Å². The highest BCUT2D eigenvalue weighted by Crippen LogP contribution is 2.60. The van der Waals surface area contributed by atoms with Crippen molar-refractivity contribution >= 4 is 33.4 Å². The average molecular weight is 1090 g/mol. The van der Waals surface area contributed by atoms with Gasteiger partial charge in [0.05, 0.1) is 19.3 Å². The van der Waals surface area contributed by atoms with Crippen LogP contribution in [0, 0.1) is 0 Å². The molecular weight excluding hydrogens is 1010 g/mol. The Morgan fingerprint density at radius 3 is 1.96 bits per heavy atom. The van der Waals surface area contributed by atoms with Crippen LogP contribution in [0.5, 0.6) is 0 Å². The molecule has 0 spiro atoms. The SMILES string of the molecule is CC/C=C\C/C=C\CC(O)/C=C/C=C\C/C=C\C/C=C\CCC(=O)O[C@H](COC(=O)CCCCCC/C=C\C/C=C\C/C=C\CCCCC)COP(=O)(O)OP(=O)(O)OC[C@H]1O[C@@H](n2ccc(N)nc2=O)[C@H](O)[C@@H]1O. The molecule has 0 aliphatic carbocycles. The highest BCUT2D eigenvalue weighted by Gasteiger charge is 2.46. The third-order valence-electron chi connectivity index (χ3n) is 10.9. The minimum absolute atomic E-state index is 0.0686. The van der Waals surface area contributed by atoms with Crippen molar-refractivity contribution in [2.24, 2.45) is 0 Å². The van der Waals surface area contributed by atoms with E-state index in [1.54, 1.807) is 18.2 Å². The molecule has 75 heavy (non-hydrogen) atoms. The van der Waals surface area contributed by atoms with E-state index in [2.05, 4.69) is 71.8 Å². The fourth-order valence-electron chi connectivity index (χ4n) is 6.90. The number of phosphoric acid groups is 2. The summed E-state index contributed by atoms with van der Waals surface area (Å²) in [6.45, 7) is 1.84. The van der Waals surface area contributed by atoms with E-state index in [-0.39, 0.29) is 25.1 Å². The Morgan fingerprint density at radius 1 is 0.720 bits per heavy atom. The summed E-state index contributed by atoms with van der Waals surface area (Å²) in [4.78, 5) is 61.9. The molecular formula is C54H83N3O16P2. The summed E-state index contributed by atoms with van der Waals surface area (Å²) in [6, 6.07) is 1.24. The molecule has 1 aliphatic rings. The summed E-state index contributed by atoms with van der Waals surface area (Å²) >= 11 is 0. The van der Waals surface area contributed by atoms with Crippen molar-refractivity contribution in [2.75, 3.05) is 25.6 Å². The first kappa shape index (κ1) is 66.5. The number of allylic oxidation sites excluding steroid dienone is 16. The van der Waals surface area contributed by atoms with Gasteiger partial charge in [-0.1, -0.05) is 149 Å². The Morgan fingerprint density at radius 2 is 1.31 bits per heavy atom. The molecule has 1 saturated heterocycles. The fraction of sp³-hybridized carbons (Fsp3) is 0.556. The molecule has 2 rings (SSSR count). The van der Waals surface area contributed by atoms with Gasteiger partial charge in [-0.15, -0.1) is 0 Å². The summed E-state index contributed by atoms with van der Waals surface area (Å²) in [5.74, 6) is -1.47. The summed E-state index contributed by atoms with van der Waals surface area (Å²) in [5, 5.41) is 31.0. The molecule has 19 nitrogen and oxygen atoms in total. The lowest BCUT2D eigenvalue weighted by Gasteiger charge is -2.21. The van der Waals surface area contributed by atoms with Crippen molar-refractivity contribution in [1.29, 1.82) is 0 Å². The molecule has 1 aromatic heterocycles. The van der Waals surface area contributed by atoms with Crippen LogP contribution in [0.2, 0.25) is 0 Å². The quantitative estimate of drug-likeness (QED) is 0.0117. The number of hydrogen-bond donors (Lipinski definition) is 6. The smallest absolute Gasteiger partial charge is 0.462 e. The Balaban J connectivity index is 1.86. The minimum atomic E-state index is -5.46. The van der Waals surface area contributed by atoms with Gasteiger partial charge in [0.2, 0.25) is 0 Å². The second kappa shape index (κ2) is 40.6. The molecule has 1 aliphatic heterocycles. The molecule has 0 saturated carbocycles. The van der Waals surface area contributed by atoms with Crippen molar-refractivity contribution in [2.45, 2.75) is 173 Å². The van der Waals surface area contributed by atoms with Gasteiger partial charge < -0.3 is 45.1 Å².